The molecule has 2 heterocycles. The van der Waals surface area contributed by atoms with Crippen LogP contribution in [0.2, 0.25) is 0 Å². The summed E-state index contributed by atoms with van der Waals surface area (Å²) in [7, 11) is 0. The number of hydrogen-bond donors (Lipinski definition) is 2. The molecule has 1 aromatic rings. The zero-order chi connectivity index (χ0) is 14.1. The minimum Gasteiger partial charge on any atom is -0.481 e. The summed E-state index contributed by atoms with van der Waals surface area (Å²) in [6.45, 7) is 1.89. The molecule has 0 unspecified atom stereocenters. The number of carboxylic acid groups (broad SMARTS) is 1. The van der Waals surface area contributed by atoms with Gasteiger partial charge in [-0.1, -0.05) is 0 Å². The molecule has 6 nitrogen and oxygen atoms in total. The van der Waals surface area contributed by atoms with E-state index in [1.165, 1.54) is 0 Å². The highest BCUT2D eigenvalue weighted by Crippen LogP contribution is 2.40. The van der Waals surface area contributed by atoms with E-state index in [1.54, 1.807) is 12.3 Å². The van der Waals surface area contributed by atoms with Crippen molar-refractivity contribution in [3.05, 3.63) is 18.3 Å². The Balaban J connectivity index is 1.71. The molecule has 1 aliphatic heterocycles. The van der Waals surface area contributed by atoms with Gasteiger partial charge in [-0.05, 0) is 31.4 Å². The maximum atomic E-state index is 12.0. The molecule has 0 spiro atoms. The molecule has 2 atom stereocenters. The first-order chi connectivity index (χ1) is 9.66. The molecule has 106 valence electrons. The van der Waals surface area contributed by atoms with Gasteiger partial charge in [0.15, 0.2) is 5.82 Å². The van der Waals surface area contributed by atoms with E-state index < -0.39 is 17.8 Å². The van der Waals surface area contributed by atoms with Gasteiger partial charge in [0.2, 0.25) is 5.91 Å². The molecular weight excluding hydrogens is 258 g/mol. The minimum absolute atomic E-state index is 0.217. The SMILES string of the molecule is O=C(O)[C@H]1C[C@H]1C(=O)Nc1cccnc1N1CCCC1. The van der Waals surface area contributed by atoms with Crippen LogP contribution < -0.4 is 10.2 Å². The van der Waals surface area contributed by atoms with Crippen LogP contribution >= 0.6 is 0 Å². The predicted octanol–water partition coefficient (Wildman–Crippen LogP) is 1.34. The number of carboxylic acids is 1. The van der Waals surface area contributed by atoms with E-state index >= 15 is 0 Å². The van der Waals surface area contributed by atoms with Crippen molar-refractivity contribution in [2.45, 2.75) is 19.3 Å². The van der Waals surface area contributed by atoms with Gasteiger partial charge in [0.05, 0.1) is 17.5 Å². The third-order valence-corrected chi connectivity index (χ3v) is 3.89. The van der Waals surface area contributed by atoms with E-state index in [-0.39, 0.29) is 5.91 Å². The molecular formula is C14H17N3O3. The van der Waals surface area contributed by atoms with Gasteiger partial charge in [0, 0.05) is 19.3 Å². The molecule has 0 bridgehead atoms. The number of aliphatic carboxylic acids is 1. The van der Waals surface area contributed by atoms with Gasteiger partial charge in [0.25, 0.3) is 0 Å². The van der Waals surface area contributed by atoms with Crippen molar-refractivity contribution in [1.82, 2.24) is 4.98 Å². The smallest absolute Gasteiger partial charge is 0.307 e. The van der Waals surface area contributed by atoms with Crippen LogP contribution in [0.4, 0.5) is 11.5 Å². The van der Waals surface area contributed by atoms with Crippen molar-refractivity contribution in [2.24, 2.45) is 11.8 Å². The summed E-state index contributed by atoms with van der Waals surface area (Å²) in [5.74, 6) is -1.26. The number of amides is 1. The van der Waals surface area contributed by atoms with E-state index in [0.29, 0.717) is 12.1 Å². The lowest BCUT2D eigenvalue weighted by Gasteiger charge is -2.19. The number of carbonyl (C=O) groups excluding carboxylic acids is 1. The summed E-state index contributed by atoms with van der Waals surface area (Å²) in [6, 6.07) is 3.59. The van der Waals surface area contributed by atoms with Crippen LogP contribution in [-0.2, 0) is 9.59 Å². The number of hydrogen-bond acceptors (Lipinski definition) is 4. The Kier molecular flexibility index (Phi) is 3.30. The van der Waals surface area contributed by atoms with E-state index in [9.17, 15) is 9.59 Å². The molecule has 1 aliphatic carbocycles. The number of aromatic nitrogens is 1. The van der Waals surface area contributed by atoms with Gasteiger partial charge in [-0.3, -0.25) is 9.59 Å². The lowest BCUT2D eigenvalue weighted by atomic mass is 10.3. The quantitative estimate of drug-likeness (QED) is 0.866. The monoisotopic (exact) mass is 275 g/mol. The van der Waals surface area contributed by atoms with Crippen molar-refractivity contribution < 1.29 is 14.7 Å². The topological polar surface area (TPSA) is 82.5 Å². The second kappa shape index (κ2) is 5.11. The lowest BCUT2D eigenvalue weighted by molar-refractivity contribution is -0.139. The second-order valence-corrected chi connectivity index (χ2v) is 5.34. The first-order valence-electron chi connectivity index (χ1n) is 6.90. The number of nitrogens with zero attached hydrogens (tertiary/aromatic N) is 2. The molecule has 2 aliphatic rings. The molecule has 2 fully saturated rings. The van der Waals surface area contributed by atoms with Crippen LogP contribution in [-0.4, -0.2) is 35.1 Å². The minimum atomic E-state index is -0.892. The van der Waals surface area contributed by atoms with Crippen molar-refractivity contribution in [1.29, 1.82) is 0 Å². The van der Waals surface area contributed by atoms with Gasteiger partial charge in [-0.15, -0.1) is 0 Å². The van der Waals surface area contributed by atoms with Crippen molar-refractivity contribution in [2.75, 3.05) is 23.3 Å². The fraction of sp³-hybridized carbons (Fsp3) is 0.500. The predicted molar refractivity (Wildman–Crippen MR) is 73.5 cm³/mol. The van der Waals surface area contributed by atoms with E-state index in [2.05, 4.69) is 15.2 Å². The number of rotatable bonds is 4. The fourth-order valence-corrected chi connectivity index (χ4v) is 2.66. The Morgan fingerprint density at radius 3 is 2.70 bits per heavy atom. The summed E-state index contributed by atoms with van der Waals surface area (Å²) in [4.78, 5) is 29.3. The maximum Gasteiger partial charge on any atom is 0.307 e. The Morgan fingerprint density at radius 2 is 2.05 bits per heavy atom. The van der Waals surface area contributed by atoms with Gasteiger partial charge in [0.1, 0.15) is 0 Å². The van der Waals surface area contributed by atoms with Crippen LogP contribution in [0, 0.1) is 11.8 Å². The normalized spacial score (nSPS) is 24.5. The van der Waals surface area contributed by atoms with E-state index in [4.69, 9.17) is 5.11 Å². The van der Waals surface area contributed by atoms with Crippen LogP contribution in [0.1, 0.15) is 19.3 Å². The number of anilines is 2. The van der Waals surface area contributed by atoms with Crippen LogP contribution in [0.5, 0.6) is 0 Å². The maximum absolute atomic E-state index is 12.0. The molecule has 3 rings (SSSR count). The largest absolute Gasteiger partial charge is 0.481 e. The van der Waals surface area contributed by atoms with Crippen LogP contribution in [0.25, 0.3) is 0 Å². The third-order valence-electron chi connectivity index (χ3n) is 3.89. The lowest BCUT2D eigenvalue weighted by Crippen LogP contribution is -2.23. The zero-order valence-electron chi connectivity index (χ0n) is 11.1. The molecule has 20 heavy (non-hydrogen) atoms. The Labute approximate surface area is 116 Å². The van der Waals surface area contributed by atoms with Gasteiger partial charge in [-0.2, -0.15) is 0 Å². The highest BCUT2D eigenvalue weighted by molar-refractivity contribution is 5.99. The van der Waals surface area contributed by atoms with E-state index in [1.807, 2.05) is 6.07 Å². The number of carbonyl (C=O) groups is 2. The second-order valence-electron chi connectivity index (χ2n) is 5.34. The standard InChI is InChI=1S/C14H17N3O3/c18-13(9-8-10(9)14(19)20)16-11-4-3-5-15-12(11)17-6-1-2-7-17/h3-5,9-10H,1-2,6-8H2,(H,16,18)(H,19,20)/t9-,10+/m1/s1. The molecule has 1 saturated heterocycles. The van der Waals surface area contributed by atoms with Crippen molar-refractivity contribution >= 4 is 23.4 Å². The highest BCUT2D eigenvalue weighted by atomic mass is 16.4. The van der Waals surface area contributed by atoms with E-state index in [0.717, 1.165) is 31.7 Å². The van der Waals surface area contributed by atoms with Crippen LogP contribution in [0.15, 0.2) is 18.3 Å². The zero-order valence-corrected chi connectivity index (χ0v) is 11.1. The summed E-state index contributed by atoms with van der Waals surface area (Å²) in [5, 5.41) is 11.7. The first kappa shape index (κ1) is 12.9. The third kappa shape index (κ3) is 2.45. The Morgan fingerprint density at radius 1 is 1.30 bits per heavy atom. The molecule has 6 heteroatoms. The summed E-state index contributed by atoms with van der Waals surface area (Å²) < 4.78 is 0. The number of pyridine rings is 1. The Hall–Kier alpha value is -2.11. The van der Waals surface area contributed by atoms with Gasteiger partial charge < -0.3 is 15.3 Å². The Bertz CT molecular complexity index is 540. The summed E-state index contributed by atoms with van der Waals surface area (Å²) >= 11 is 0. The molecule has 1 saturated carbocycles. The van der Waals surface area contributed by atoms with Gasteiger partial charge >= 0.3 is 5.97 Å². The molecule has 1 aromatic heterocycles. The fourth-order valence-electron chi connectivity index (χ4n) is 2.66. The summed E-state index contributed by atoms with van der Waals surface area (Å²) in [6.07, 6.45) is 4.41. The van der Waals surface area contributed by atoms with Crippen LogP contribution in [0.3, 0.4) is 0 Å². The molecule has 1 amide bonds. The molecule has 2 N–H and O–H groups in total. The van der Waals surface area contributed by atoms with Crippen molar-refractivity contribution in [3.8, 4) is 0 Å². The average Bonchev–Trinajstić information content (AvgIpc) is 3.08. The highest BCUT2D eigenvalue weighted by Gasteiger charge is 2.48. The summed E-state index contributed by atoms with van der Waals surface area (Å²) in [5.41, 5.74) is 0.676. The molecule has 0 aromatic carbocycles. The molecule has 0 radical (unpaired) electrons. The average molecular weight is 275 g/mol. The first-order valence-corrected chi connectivity index (χ1v) is 6.90. The number of nitrogens with one attached hydrogen (secondary N) is 1. The van der Waals surface area contributed by atoms with Gasteiger partial charge in [-0.25, -0.2) is 4.98 Å². The van der Waals surface area contributed by atoms with Crippen molar-refractivity contribution in [3.63, 3.8) is 0 Å².